The molecular weight excluding hydrogens is 632 g/mol. The Labute approximate surface area is 293 Å². The third-order valence-electron chi connectivity index (χ3n) is 8.71. The summed E-state index contributed by atoms with van der Waals surface area (Å²) >= 11 is 0. The van der Waals surface area contributed by atoms with E-state index in [1.54, 1.807) is 18.2 Å². The van der Waals surface area contributed by atoms with Crippen LogP contribution in [0.4, 0.5) is 0 Å². The first-order valence-corrected chi connectivity index (χ1v) is 16.7. The van der Waals surface area contributed by atoms with Crippen LogP contribution in [0.2, 0.25) is 0 Å². The van der Waals surface area contributed by atoms with E-state index in [1.165, 1.54) is 7.11 Å². The second-order valence-electron chi connectivity index (χ2n) is 12.2. The van der Waals surface area contributed by atoms with Gasteiger partial charge in [-0.2, -0.15) is 0 Å². The minimum Gasteiger partial charge on any atom is -0.496 e. The number of rotatable bonds is 16. The van der Waals surface area contributed by atoms with Crippen molar-refractivity contribution in [3.05, 3.63) is 173 Å². The van der Waals surface area contributed by atoms with Gasteiger partial charge in [-0.15, -0.1) is 0 Å². The second kappa shape index (κ2) is 17.3. The number of aldehydes is 1. The van der Waals surface area contributed by atoms with Crippen molar-refractivity contribution < 1.29 is 38.3 Å². The molecule has 0 spiro atoms. The van der Waals surface area contributed by atoms with E-state index in [9.17, 15) is 9.90 Å². The molecule has 8 heteroatoms. The van der Waals surface area contributed by atoms with Crippen LogP contribution in [0.1, 0.15) is 38.2 Å². The molecule has 1 fully saturated rings. The molecule has 5 atom stereocenters. The summed E-state index contributed by atoms with van der Waals surface area (Å²) in [4.78, 5) is 12.2. The maximum absolute atomic E-state index is 12.8. The molecule has 0 bridgehead atoms. The number of benzene rings is 5. The van der Waals surface area contributed by atoms with Crippen molar-refractivity contribution in [2.24, 2.45) is 0 Å². The van der Waals surface area contributed by atoms with Crippen molar-refractivity contribution in [1.29, 1.82) is 0 Å². The van der Waals surface area contributed by atoms with Crippen molar-refractivity contribution in [1.82, 2.24) is 0 Å². The van der Waals surface area contributed by atoms with Gasteiger partial charge in [0.2, 0.25) is 5.79 Å². The molecular formula is C42H42O8. The highest BCUT2D eigenvalue weighted by molar-refractivity contribution is 5.79. The first kappa shape index (κ1) is 35.2. The number of carbonyl (C=O) groups is 1. The molecule has 1 aliphatic rings. The zero-order valence-corrected chi connectivity index (χ0v) is 28.0. The molecule has 1 N–H and O–H groups in total. The molecule has 0 aromatic heterocycles. The number of hydrogen-bond donors (Lipinski definition) is 1. The van der Waals surface area contributed by atoms with Gasteiger partial charge in [0.15, 0.2) is 6.29 Å². The lowest BCUT2D eigenvalue weighted by molar-refractivity contribution is -0.378. The second-order valence-corrected chi connectivity index (χ2v) is 12.2. The van der Waals surface area contributed by atoms with Gasteiger partial charge in [-0.1, -0.05) is 121 Å². The lowest BCUT2D eigenvalue weighted by Crippen LogP contribution is -2.65. The average Bonchev–Trinajstić information content (AvgIpc) is 3.17. The van der Waals surface area contributed by atoms with Crippen molar-refractivity contribution >= 4 is 6.29 Å². The van der Waals surface area contributed by atoms with E-state index in [2.05, 4.69) is 0 Å². The van der Waals surface area contributed by atoms with E-state index in [1.807, 2.05) is 121 Å². The molecule has 1 heterocycles. The Morgan fingerprint density at radius 2 is 1.12 bits per heavy atom. The van der Waals surface area contributed by atoms with E-state index >= 15 is 0 Å². The summed E-state index contributed by atoms with van der Waals surface area (Å²) in [6.07, 6.45) is -2.82. The van der Waals surface area contributed by atoms with Crippen molar-refractivity contribution in [3.63, 3.8) is 0 Å². The number of methoxy groups -OCH3 is 1. The predicted molar refractivity (Wildman–Crippen MR) is 188 cm³/mol. The van der Waals surface area contributed by atoms with E-state index in [-0.39, 0.29) is 32.0 Å². The van der Waals surface area contributed by atoms with E-state index in [4.69, 9.17) is 28.4 Å². The molecule has 0 radical (unpaired) electrons. The molecule has 1 saturated heterocycles. The fourth-order valence-electron chi connectivity index (χ4n) is 6.13. The van der Waals surface area contributed by atoms with Crippen LogP contribution in [-0.4, -0.2) is 49.5 Å². The molecule has 0 saturated carbocycles. The molecule has 50 heavy (non-hydrogen) atoms. The van der Waals surface area contributed by atoms with Gasteiger partial charge in [0.1, 0.15) is 30.2 Å². The van der Waals surface area contributed by atoms with Gasteiger partial charge in [-0.05, 0) is 40.5 Å². The minimum atomic E-state index is -2.09. The number of aliphatic hydroxyl groups is 1. The van der Waals surface area contributed by atoms with Crippen LogP contribution in [0.5, 0.6) is 5.75 Å². The Bertz CT molecular complexity index is 1750. The molecule has 5 aromatic carbocycles. The highest BCUT2D eigenvalue weighted by Gasteiger charge is 2.57. The molecule has 5 aromatic rings. The SMILES string of the molecule is COc1ccc(C2(O)O[C@H](COCc3ccccc3)[C@@H](OCc3ccccc3)[C@H](OCc3ccccc3)[C@H]2OCc2ccccc2)cc1C=O. The fraction of sp³-hybridized carbons (Fsp3) is 0.262. The van der Waals surface area contributed by atoms with Crippen molar-refractivity contribution in [2.75, 3.05) is 13.7 Å². The highest BCUT2D eigenvalue weighted by atomic mass is 16.7. The third-order valence-corrected chi connectivity index (χ3v) is 8.71. The first-order chi connectivity index (χ1) is 24.6. The van der Waals surface area contributed by atoms with E-state index in [0.717, 1.165) is 22.3 Å². The summed E-state index contributed by atoms with van der Waals surface area (Å²) in [5.41, 5.74) is 4.36. The summed E-state index contributed by atoms with van der Waals surface area (Å²) < 4.78 is 38.4. The first-order valence-electron chi connectivity index (χ1n) is 16.7. The maximum Gasteiger partial charge on any atom is 0.222 e. The normalized spacial score (nSPS) is 21.8. The van der Waals surface area contributed by atoms with Gasteiger partial charge in [-0.25, -0.2) is 0 Å². The van der Waals surface area contributed by atoms with E-state index < -0.39 is 30.2 Å². The van der Waals surface area contributed by atoms with Gasteiger partial charge >= 0.3 is 0 Å². The molecule has 1 aliphatic heterocycles. The molecule has 8 nitrogen and oxygen atoms in total. The zero-order chi connectivity index (χ0) is 34.6. The minimum absolute atomic E-state index is 0.0734. The van der Waals surface area contributed by atoms with Crippen LogP contribution >= 0.6 is 0 Å². The Morgan fingerprint density at radius 3 is 1.62 bits per heavy atom. The summed E-state index contributed by atoms with van der Waals surface area (Å²) in [5.74, 6) is -1.72. The Hall–Kier alpha value is -4.67. The summed E-state index contributed by atoms with van der Waals surface area (Å²) in [5, 5.41) is 12.8. The Morgan fingerprint density at radius 1 is 0.640 bits per heavy atom. The van der Waals surface area contributed by atoms with Crippen LogP contribution in [0.3, 0.4) is 0 Å². The number of hydrogen-bond acceptors (Lipinski definition) is 8. The van der Waals surface area contributed by atoms with Gasteiger partial charge in [-0.3, -0.25) is 4.79 Å². The van der Waals surface area contributed by atoms with Gasteiger partial charge < -0.3 is 33.5 Å². The molecule has 258 valence electrons. The predicted octanol–water partition coefficient (Wildman–Crippen LogP) is 7.02. The van der Waals surface area contributed by atoms with E-state index in [0.29, 0.717) is 24.2 Å². The van der Waals surface area contributed by atoms with Gasteiger partial charge in [0.25, 0.3) is 0 Å². The lowest BCUT2D eigenvalue weighted by atomic mass is 9.86. The fourth-order valence-corrected chi connectivity index (χ4v) is 6.13. The standard InChI is InChI=1S/C42H42O8/c1-45-37-23-22-36(24-35(37)25-43)42(44)41(49-29-34-20-12-5-13-21-34)40(48-28-33-18-10-4-11-19-33)39(47-27-32-16-8-3-9-17-32)38(50-42)30-46-26-31-14-6-2-7-15-31/h2-25,38-41,44H,26-30H2,1H3/t38-,39-,40+,41-,42?/m1/s1. The maximum atomic E-state index is 12.8. The van der Waals surface area contributed by atoms with Crippen LogP contribution in [0.25, 0.3) is 0 Å². The number of ether oxygens (including phenoxy) is 6. The smallest absolute Gasteiger partial charge is 0.222 e. The monoisotopic (exact) mass is 674 g/mol. The molecule has 0 amide bonds. The van der Waals surface area contributed by atoms with Gasteiger partial charge in [0, 0.05) is 5.56 Å². The van der Waals surface area contributed by atoms with Crippen LogP contribution < -0.4 is 4.74 Å². The highest BCUT2D eigenvalue weighted by Crippen LogP contribution is 2.42. The average molecular weight is 675 g/mol. The third kappa shape index (κ3) is 8.73. The van der Waals surface area contributed by atoms with Crippen molar-refractivity contribution in [3.8, 4) is 5.75 Å². The quantitative estimate of drug-likeness (QED) is 0.112. The van der Waals surface area contributed by atoms with Crippen LogP contribution in [0, 0.1) is 0 Å². The largest absolute Gasteiger partial charge is 0.496 e. The molecule has 0 aliphatic carbocycles. The topological polar surface area (TPSA) is 92.7 Å². The Kier molecular flexibility index (Phi) is 12.2. The Balaban J connectivity index is 1.41. The molecule has 1 unspecified atom stereocenters. The summed E-state index contributed by atoms with van der Waals surface area (Å²) in [6, 6.07) is 44.0. The summed E-state index contributed by atoms with van der Waals surface area (Å²) in [6.45, 7) is 1.03. The van der Waals surface area contributed by atoms with Crippen molar-refractivity contribution in [2.45, 2.75) is 56.6 Å². The van der Waals surface area contributed by atoms with Gasteiger partial charge in [0.05, 0.1) is 45.7 Å². The van der Waals surface area contributed by atoms with Crippen LogP contribution in [0.15, 0.2) is 140 Å². The zero-order valence-electron chi connectivity index (χ0n) is 28.0. The molecule has 6 rings (SSSR count). The van der Waals surface area contributed by atoms with Crippen LogP contribution in [-0.2, 0) is 55.9 Å². The number of carbonyl (C=O) groups excluding carboxylic acids is 1. The summed E-state index contributed by atoms with van der Waals surface area (Å²) in [7, 11) is 1.49. The lowest BCUT2D eigenvalue weighted by Gasteiger charge is -2.50.